The second-order valence-electron chi connectivity index (χ2n) is 9.39. The van der Waals surface area contributed by atoms with Gasteiger partial charge in [-0.1, -0.05) is 12.1 Å². The predicted octanol–water partition coefficient (Wildman–Crippen LogP) is 3.18. The van der Waals surface area contributed by atoms with Crippen LogP contribution in [-0.4, -0.2) is 62.7 Å². The number of carbonyl (C=O) groups is 2. The fourth-order valence-electron chi connectivity index (χ4n) is 5.04. The minimum absolute atomic E-state index is 0.0805. The van der Waals surface area contributed by atoms with Crippen molar-refractivity contribution in [3.05, 3.63) is 87.3 Å². The van der Waals surface area contributed by atoms with E-state index in [2.05, 4.69) is 15.3 Å². The first kappa shape index (κ1) is 23.8. The lowest BCUT2D eigenvalue weighted by Gasteiger charge is -2.27. The molecule has 2 aromatic heterocycles. The van der Waals surface area contributed by atoms with E-state index in [9.17, 15) is 19.5 Å². The van der Waals surface area contributed by atoms with Gasteiger partial charge in [-0.2, -0.15) is 4.98 Å². The van der Waals surface area contributed by atoms with Crippen LogP contribution in [0.1, 0.15) is 38.3 Å². The normalized spacial score (nSPS) is 14.9. The molecular weight excluding hydrogens is 486 g/mol. The molecule has 38 heavy (non-hydrogen) atoms. The zero-order valence-corrected chi connectivity index (χ0v) is 20.5. The maximum Gasteiger partial charge on any atom is 0.341 e. The molecule has 192 valence electrons. The number of hydrogen-bond acceptors (Lipinski definition) is 7. The molecule has 2 N–H and O–H groups in total. The van der Waals surface area contributed by atoms with Gasteiger partial charge in [0.15, 0.2) is 5.65 Å². The highest BCUT2D eigenvalue weighted by Gasteiger charge is 2.20. The van der Waals surface area contributed by atoms with E-state index in [1.54, 1.807) is 33.7 Å². The number of ether oxygens (including phenoxy) is 1. The van der Waals surface area contributed by atoms with Crippen LogP contribution in [0.5, 0.6) is 0 Å². The van der Waals surface area contributed by atoms with Gasteiger partial charge in [0.05, 0.1) is 18.6 Å². The third-order valence-electron chi connectivity index (χ3n) is 7.00. The Hall–Kier alpha value is -4.57. The average Bonchev–Trinajstić information content (AvgIpc) is 3.41. The highest BCUT2D eigenvalue weighted by atomic mass is 16.5. The minimum atomic E-state index is -1.31. The summed E-state index contributed by atoms with van der Waals surface area (Å²) in [6.07, 6.45) is 5.71. The van der Waals surface area contributed by atoms with Crippen molar-refractivity contribution in [1.82, 2.24) is 19.4 Å². The standard InChI is InChI=1S/C28H25N5O5/c34-24-22-15-29-28(30-20-6-2-5-19(13-20)26(35)32-9-11-38-12-10-32)31-25(22)33(16-23(24)27(36)37)21-8-7-17-3-1-4-18(17)14-21/h2,5-8,13-16H,1,3-4,9-12H2,(H,36,37)(H,29,30,31). The van der Waals surface area contributed by atoms with Crippen molar-refractivity contribution in [1.29, 1.82) is 0 Å². The molecule has 0 saturated carbocycles. The molecule has 1 aliphatic heterocycles. The fourth-order valence-corrected chi connectivity index (χ4v) is 5.04. The number of nitrogens with one attached hydrogen (secondary N) is 1. The van der Waals surface area contributed by atoms with Gasteiger partial charge in [0.1, 0.15) is 5.56 Å². The number of aryl methyl sites for hydroxylation is 2. The van der Waals surface area contributed by atoms with E-state index in [-0.39, 0.29) is 28.5 Å². The lowest BCUT2D eigenvalue weighted by molar-refractivity contribution is 0.0303. The van der Waals surface area contributed by atoms with Crippen molar-refractivity contribution in [2.45, 2.75) is 19.3 Å². The second-order valence-corrected chi connectivity index (χ2v) is 9.39. The molecule has 1 saturated heterocycles. The van der Waals surface area contributed by atoms with Gasteiger partial charge in [0, 0.05) is 42.4 Å². The Bertz CT molecular complexity index is 1640. The Morgan fingerprint density at radius 3 is 2.66 bits per heavy atom. The molecule has 0 unspecified atom stereocenters. The molecule has 10 heteroatoms. The molecule has 3 heterocycles. The first-order chi connectivity index (χ1) is 18.5. The molecule has 1 fully saturated rings. The molecule has 10 nitrogen and oxygen atoms in total. The summed E-state index contributed by atoms with van der Waals surface area (Å²) in [6, 6.07) is 13.0. The van der Waals surface area contributed by atoms with Gasteiger partial charge in [-0.15, -0.1) is 0 Å². The van der Waals surface area contributed by atoms with E-state index in [4.69, 9.17) is 4.74 Å². The van der Waals surface area contributed by atoms with Crippen LogP contribution in [0.3, 0.4) is 0 Å². The molecule has 0 bridgehead atoms. The number of aromatic nitrogens is 3. The number of benzene rings is 2. The fraction of sp³-hybridized carbons (Fsp3) is 0.250. The summed E-state index contributed by atoms with van der Waals surface area (Å²) in [6.45, 7) is 2.12. The van der Waals surface area contributed by atoms with Crippen LogP contribution in [0.15, 0.2) is 59.7 Å². The number of anilines is 2. The summed E-state index contributed by atoms with van der Waals surface area (Å²) in [7, 11) is 0. The molecule has 1 aliphatic carbocycles. The number of carboxylic acids is 1. The van der Waals surface area contributed by atoms with Gasteiger partial charge in [-0.25, -0.2) is 9.78 Å². The topological polar surface area (TPSA) is 127 Å². The number of rotatable bonds is 5. The van der Waals surface area contributed by atoms with Gasteiger partial charge in [0.2, 0.25) is 11.4 Å². The van der Waals surface area contributed by atoms with Crippen molar-refractivity contribution in [3.8, 4) is 5.69 Å². The molecule has 0 radical (unpaired) electrons. The van der Waals surface area contributed by atoms with Crippen LogP contribution in [0.4, 0.5) is 11.6 Å². The number of pyridine rings is 1. The van der Waals surface area contributed by atoms with Crippen LogP contribution in [0.2, 0.25) is 0 Å². The van der Waals surface area contributed by atoms with Crippen LogP contribution in [0, 0.1) is 0 Å². The first-order valence-electron chi connectivity index (χ1n) is 12.5. The quantitative estimate of drug-likeness (QED) is 0.418. The number of carbonyl (C=O) groups excluding carboxylic acids is 1. The molecule has 4 aromatic rings. The van der Waals surface area contributed by atoms with E-state index >= 15 is 0 Å². The van der Waals surface area contributed by atoms with E-state index in [1.807, 2.05) is 18.2 Å². The van der Waals surface area contributed by atoms with Crippen LogP contribution in [0.25, 0.3) is 16.7 Å². The lowest BCUT2D eigenvalue weighted by atomic mass is 10.1. The number of aromatic carboxylic acids is 1. The van der Waals surface area contributed by atoms with Crippen molar-refractivity contribution in [2.75, 3.05) is 31.6 Å². The number of fused-ring (bicyclic) bond motifs is 2. The number of morpholine rings is 1. The van der Waals surface area contributed by atoms with Gasteiger partial charge in [-0.05, 0) is 60.7 Å². The van der Waals surface area contributed by atoms with E-state index in [1.165, 1.54) is 23.5 Å². The van der Waals surface area contributed by atoms with Crippen molar-refractivity contribution >= 4 is 34.5 Å². The van der Waals surface area contributed by atoms with E-state index in [0.29, 0.717) is 37.6 Å². The molecule has 6 rings (SSSR count). The Morgan fingerprint density at radius 1 is 1.03 bits per heavy atom. The van der Waals surface area contributed by atoms with Crippen LogP contribution >= 0.6 is 0 Å². The van der Waals surface area contributed by atoms with Crippen molar-refractivity contribution < 1.29 is 19.4 Å². The molecule has 2 aliphatic rings. The maximum atomic E-state index is 12.9. The maximum absolute atomic E-state index is 12.9. The Morgan fingerprint density at radius 2 is 1.84 bits per heavy atom. The van der Waals surface area contributed by atoms with Crippen molar-refractivity contribution in [3.63, 3.8) is 0 Å². The van der Waals surface area contributed by atoms with Gasteiger partial charge >= 0.3 is 5.97 Å². The SMILES string of the molecule is O=C(O)c1cn(-c2ccc3c(c2)CCC3)c2nc(Nc3cccc(C(=O)N4CCOCC4)c3)ncc2c1=O. The third-order valence-corrected chi connectivity index (χ3v) is 7.00. The zero-order valence-electron chi connectivity index (χ0n) is 20.5. The average molecular weight is 512 g/mol. The van der Waals surface area contributed by atoms with Crippen molar-refractivity contribution in [2.24, 2.45) is 0 Å². The molecule has 1 amide bonds. The summed E-state index contributed by atoms with van der Waals surface area (Å²) < 4.78 is 6.97. The first-order valence-corrected chi connectivity index (χ1v) is 12.5. The largest absolute Gasteiger partial charge is 0.477 e. The smallest absolute Gasteiger partial charge is 0.341 e. The molecular formula is C28H25N5O5. The summed E-state index contributed by atoms with van der Waals surface area (Å²) in [5, 5.41) is 12.9. The van der Waals surface area contributed by atoms with Gasteiger partial charge < -0.3 is 24.6 Å². The Labute approximate surface area is 217 Å². The molecule has 0 atom stereocenters. The highest BCUT2D eigenvalue weighted by molar-refractivity contribution is 5.95. The van der Waals surface area contributed by atoms with Gasteiger partial charge in [-0.3, -0.25) is 9.59 Å². The number of hydrogen-bond donors (Lipinski definition) is 2. The number of nitrogens with zero attached hydrogens (tertiary/aromatic N) is 4. The summed E-state index contributed by atoms with van der Waals surface area (Å²) >= 11 is 0. The monoisotopic (exact) mass is 511 g/mol. The lowest BCUT2D eigenvalue weighted by Crippen LogP contribution is -2.40. The Kier molecular flexibility index (Phi) is 6.09. The predicted molar refractivity (Wildman–Crippen MR) is 141 cm³/mol. The zero-order chi connectivity index (χ0) is 26.2. The van der Waals surface area contributed by atoms with E-state index < -0.39 is 11.4 Å². The van der Waals surface area contributed by atoms with Crippen LogP contribution < -0.4 is 10.7 Å². The summed E-state index contributed by atoms with van der Waals surface area (Å²) in [5.41, 5.74) is 3.64. The van der Waals surface area contributed by atoms with Gasteiger partial charge in [0.25, 0.3) is 5.91 Å². The summed E-state index contributed by atoms with van der Waals surface area (Å²) in [5.74, 6) is -1.18. The minimum Gasteiger partial charge on any atom is -0.477 e. The Balaban J connectivity index is 1.39. The van der Waals surface area contributed by atoms with E-state index in [0.717, 1.165) is 24.9 Å². The third kappa shape index (κ3) is 4.39. The number of amides is 1. The summed E-state index contributed by atoms with van der Waals surface area (Å²) in [4.78, 5) is 48.3. The molecule has 2 aromatic carbocycles. The highest BCUT2D eigenvalue weighted by Crippen LogP contribution is 2.26. The number of carboxylic acid groups (broad SMARTS) is 1. The van der Waals surface area contributed by atoms with Crippen LogP contribution in [-0.2, 0) is 17.6 Å². The second kappa shape index (κ2) is 9.71. The molecule has 0 spiro atoms.